The van der Waals surface area contributed by atoms with E-state index in [2.05, 4.69) is 5.32 Å². The lowest BCUT2D eigenvalue weighted by Crippen LogP contribution is -2.54. The number of urea groups is 1. The Morgan fingerprint density at radius 3 is 2.47 bits per heavy atom. The zero-order valence-corrected chi connectivity index (χ0v) is 12.3. The third-order valence-electron chi connectivity index (χ3n) is 4.28. The highest BCUT2D eigenvalue weighted by molar-refractivity contribution is 6.07. The highest BCUT2D eigenvalue weighted by atomic mass is 16.5. The van der Waals surface area contributed by atoms with Crippen molar-refractivity contribution in [3.63, 3.8) is 0 Å². The molecule has 2 aliphatic rings. The fraction of sp³-hybridized carbons (Fsp3) is 0.857. The average molecular weight is 268 g/mol. The van der Waals surface area contributed by atoms with Gasteiger partial charge in [-0.2, -0.15) is 0 Å². The molecule has 5 nitrogen and oxygen atoms in total. The zero-order valence-electron chi connectivity index (χ0n) is 12.3. The lowest BCUT2D eigenvalue weighted by molar-refractivity contribution is -0.134. The molecular weight excluding hydrogens is 244 g/mol. The zero-order chi connectivity index (χ0) is 14.3. The molecule has 3 amide bonds. The smallest absolute Gasteiger partial charge is 0.325 e. The summed E-state index contributed by atoms with van der Waals surface area (Å²) in [5.74, 6) is 0.544. The summed E-state index contributed by atoms with van der Waals surface area (Å²) in [6.07, 6.45) is 2.48. The lowest BCUT2D eigenvalue weighted by Gasteiger charge is -2.35. The van der Waals surface area contributed by atoms with Crippen molar-refractivity contribution in [2.45, 2.75) is 46.1 Å². The van der Waals surface area contributed by atoms with Gasteiger partial charge in [0.05, 0.1) is 13.2 Å². The van der Waals surface area contributed by atoms with Gasteiger partial charge in [-0.3, -0.25) is 9.69 Å². The van der Waals surface area contributed by atoms with Crippen LogP contribution in [0.1, 0.15) is 40.5 Å². The first-order valence-electron chi connectivity index (χ1n) is 6.97. The monoisotopic (exact) mass is 268 g/mol. The molecule has 19 heavy (non-hydrogen) atoms. The van der Waals surface area contributed by atoms with E-state index in [4.69, 9.17) is 4.74 Å². The Kier molecular flexibility index (Phi) is 3.60. The number of nitrogens with one attached hydrogen (secondary N) is 1. The van der Waals surface area contributed by atoms with E-state index in [9.17, 15) is 9.59 Å². The van der Waals surface area contributed by atoms with Gasteiger partial charge in [0.15, 0.2) is 0 Å². The molecule has 0 aromatic heterocycles. The van der Waals surface area contributed by atoms with E-state index < -0.39 is 5.54 Å². The summed E-state index contributed by atoms with van der Waals surface area (Å²) < 4.78 is 5.50. The van der Waals surface area contributed by atoms with Crippen LogP contribution in [0.2, 0.25) is 0 Å². The summed E-state index contributed by atoms with van der Waals surface area (Å²) in [7, 11) is 0. The molecule has 5 heteroatoms. The van der Waals surface area contributed by atoms with Gasteiger partial charge in [0.1, 0.15) is 5.54 Å². The molecule has 1 aliphatic heterocycles. The molecular formula is C14H24N2O3. The number of hydrogen-bond donors (Lipinski definition) is 1. The Morgan fingerprint density at radius 1 is 1.37 bits per heavy atom. The van der Waals surface area contributed by atoms with Crippen LogP contribution in [0.3, 0.4) is 0 Å². The quantitative estimate of drug-likeness (QED) is 0.610. The van der Waals surface area contributed by atoms with Gasteiger partial charge in [-0.1, -0.05) is 20.8 Å². The molecule has 0 radical (unpaired) electrons. The maximum atomic E-state index is 12.4. The second kappa shape index (κ2) is 4.78. The van der Waals surface area contributed by atoms with Gasteiger partial charge in [0.25, 0.3) is 5.91 Å². The second-order valence-corrected chi connectivity index (χ2v) is 6.78. The van der Waals surface area contributed by atoms with Crippen LogP contribution in [0.5, 0.6) is 0 Å². The molecule has 1 heterocycles. The average Bonchev–Trinajstić information content (AvgIpc) is 3.06. The fourth-order valence-electron chi connectivity index (χ4n) is 2.10. The number of carbonyl (C=O) groups excluding carboxylic acids is 2. The van der Waals surface area contributed by atoms with Crippen LogP contribution < -0.4 is 5.32 Å². The molecule has 1 saturated carbocycles. The van der Waals surface area contributed by atoms with Gasteiger partial charge in [0, 0.05) is 6.61 Å². The number of nitrogens with zero attached hydrogens (tertiary/aromatic N) is 1. The van der Waals surface area contributed by atoms with Crippen molar-refractivity contribution < 1.29 is 14.3 Å². The maximum absolute atomic E-state index is 12.4. The predicted molar refractivity (Wildman–Crippen MR) is 71.6 cm³/mol. The SMILES string of the molecule is CC(C)(C)C1(C)NC(=O)N(CCOCC2CC2)C1=O. The molecule has 1 aliphatic carbocycles. The Morgan fingerprint density at radius 2 is 2.00 bits per heavy atom. The molecule has 1 N–H and O–H groups in total. The van der Waals surface area contributed by atoms with E-state index in [0.29, 0.717) is 19.1 Å². The van der Waals surface area contributed by atoms with Crippen molar-refractivity contribution in [3.05, 3.63) is 0 Å². The van der Waals surface area contributed by atoms with Crippen LogP contribution in [-0.4, -0.2) is 42.1 Å². The molecule has 2 rings (SSSR count). The summed E-state index contributed by atoms with van der Waals surface area (Å²) >= 11 is 0. The number of hydrogen-bond acceptors (Lipinski definition) is 3. The van der Waals surface area contributed by atoms with Crippen molar-refractivity contribution >= 4 is 11.9 Å². The molecule has 2 fully saturated rings. The van der Waals surface area contributed by atoms with E-state index >= 15 is 0 Å². The van der Waals surface area contributed by atoms with E-state index in [1.54, 1.807) is 6.92 Å². The molecule has 0 aromatic carbocycles. The first-order chi connectivity index (χ1) is 8.75. The molecule has 1 atom stereocenters. The normalized spacial score (nSPS) is 27.9. The number of rotatable bonds is 5. The summed E-state index contributed by atoms with van der Waals surface area (Å²) in [4.78, 5) is 25.6. The Hall–Kier alpha value is -1.10. The number of amides is 3. The van der Waals surface area contributed by atoms with Crippen molar-refractivity contribution in [2.24, 2.45) is 11.3 Å². The Balaban J connectivity index is 1.90. The van der Waals surface area contributed by atoms with Gasteiger partial charge in [-0.15, -0.1) is 0 Å². The minimum Gasteiger partial charge on any atom is -0.379 e. The topological polar surface area (TPSA) is 58.6 Å². The number of ether oxygens (including phenoxy) is 1. The van der Waals surface area contributed by atoms with Crippen molar-refractivity contribution in [3.8, 4) is 0 Å². The van der Waals surface area contributed by atoms with Gasteiger partial charge in [-0.25, -0.2) is 4.79 Å². The third-order valence-corrected chi connectivity index (χ3v) is 4.28. The highest BCUT2D eigenvalue weighted by Gasteiger charge is 2.54. The molecule has 1 unspecified atom stereocenters. The lowest BCUT2D eigenvalue weighted by atomic mass is 9.75. The van der Waals surface area contributed by atoms with Gasteiger partial charge in [-0.05, 0) is 31.1 Å². The molecule has 0 spiro atoms. The van der Waals surface area contributed by atoms with Gasteiger partial charge in [0.2, 0.25) is 0 Å². The minimum atomic E-state index is -0.833. The fourth-order valence-corrected chi connectivity index (χ4v) is 2.10. The summed E-state index contributed by atoms with van der Waals surface area (Å²) in [5, 5.41) is 2.81. The molecule has 0 aromatic rings. The van der Waals surface area contributed by atoms with Crippen LogP contribution in [0.25, 0.3) is 0 Å². The van der Waals surface area contributed by atoms with E-state index in [0.717, 1.165) is 6.61 Å². The van der Waals surface area contributed by atoms with Gasteiger partial charge >= 0.3 is 6.03 Å². The first-order valence-corrected chi connectivity index (χ1v) is 6.97. The van der Waals surface area contributed by atoms with Crippen molar-refractivity contribution in [1.82, 2.24) is 10.2 Å². The minimum absolute atomic E-state index is 0.153. The number of carbonyl (C=O) groups is 2. The molecule has 1 saturated heterocycles. The van der Waals surface area contributed by atoms with Crippen LogP contribution in [-0.2, 0) is 9.53 Å². The van der Waals surface area contributed by atoms with E-state index in [1.165, 1.54) is 17.7 Å². The van der Waals surface area contributed by atoms with Crippen LogP contribution >= 0.6 is 0 Å². The first kappa shape index (κ1) is 14.3. The second-order valence-electron chi connectivity index (χ2n) is 6.78. The number of imide groups is 1. The largest absolute Gasteiger partial charge is 0.379 e. The van der Waals surface area contributed by atoms with Crippen molar-refractivity contribution in [2.75, 3.05) is 19.8 Å². The Labute approximate surface area is 114 Å². The summed E-state index contributed by atoms with van der Waals surface area (Å²) in [5.41, 5.74) is -1.15. The van der Waals surface area contributed by atoms with Gasteiger partial charge < -0.3 is 10.1 Å². The van der Waals surface area contributed by atoms with E-state index in [1.807, 2.05) is 20.8 Å². The van der Waals surface area contributed by atoms with Crippen LogP contribution in [0.4, 0.5) is 4.79 Å². The highest BCUT2D eigenvalue weighted by Crippen LogP contribution is 2.35. The Bertz CT molecular complexity index is 385. The van der Waals surface area contributed by atoms with Crippen LogP contribution in [0, 0.1) is 11.3 Å². The van der Waals surface area contributed by atoms with E-state index in [-0.39, 0.29) is 17.4 Å². The standard InChI is InChI=1S/C14H24N2O3/c1-13(2,3)14(4)11(17)16(12(18)15-14)7-8-19-9-10-5-6-10/h10H,5-9H2,1-4H3,(H,15,18). The summed E-state index contributed by atoms with van der Waals surface area (Å²) in [6.45, 7) is 9.17. The predicted octanol–water partition coefficient (Wildman–Crippen LogP) is 1.77. The maximum Gasteiger partial charge on any atom is 0.325 e. The van der Waals surface area contributed by atoms with Crippen molar-refractivity contribution in [1.29, 1.82) is 0 Å². The van der Waals surface area contributed by atoms with Crippen LogP contribution in [0.15, 0.2) is 0 Å². The molecule has 0 bridgehead atoms. The molecule has 108 valence electrons. The third kappa shape index (κ3) is 2.76. The summed E-state index contributed by atoms with van der Waals surface area (Å²) in [6, 6.07) is -0.308.